The van der Waals surface area contributed by atoms with Crippen LogP contribution in [0.5, 0.6) is 0 Å². The summed E-state index contributed by atoms with van der Waals surface area (Å²) < 4.78 is 26.3. The van der Waals surface area contributed by atoms with Crippen LogP contribution < -0.4 is 15.4 Å². The van der Waals surface area contributed by atoms with Crippen LogP contribution >= 0.6 is 0 Å². The largest absolute Gasteiger partial charge is 0.326 e. The van der Waals surface area contributed by atoms with E-state index in [0.717, 1.165) is 12.8 Å². The van der Waals surface area contributed by atoms with Gasteiger partial charge in [0.15, 0.2) is 0 Å². The molecule has 0 aromatic heterocycles. The summed E-state index contributed by atoms with van der Waals surface area (Å²) in [5, 5.41) is 5.58. The second-order valence-corrected chi connectivity index (χ2v) is 8.50. The van der Waals surface area contributed by atoms with E-state index < -0.39 is 10.0 Å². The van der Waals surface area contributed by atoms with E-state index in [1.165, 1.54) is 18.2 Å². The molecule has 0 aliphatic heterocycles. The fourth-order valence-corrected chi connectivity index (χ4v) is 3.69. The quantitative estimate of drug-likeness (QED) is 0.579. The molecule has 0 unspecified atom stereocenters. The summed E-state index contributed by atoms with van der Waals surface area (Å²) in [4.78, 5) is 24.2. The Labute approximate surface area is 170 Å². The highest BCUT2D eigenvalue weighted by Crippen LogP contribution is 2.30. The molecule has 1 aliphatic rings. The highest BCUT2D eigenvalue weighted by atomic mass is 32.2. The number of carbonyl (C=O) groups excluding carboxylic acids is 2. The Morgan fingerprint density at radius 1 is 1.03 bits per heavy atom. The van der Waals surface area contributed by atoms with Crippen LogP contribution in [-0.2, 0) is 19.6 Å². The topological polar surface area (TPSA) is 104 Å². The van der Waals surface area contributed by atoms with Crippen LogP contribution in [0.2, 0.25) is 0 Å². The van der Waals surface area contributed by atoms with E-state index in [2.05, 4.69) is 15.4 Å². The number of carbonyl (C=O) groups is 2. The van der Waals surface area contributed by atoms with Crippen molar-refractivity contribution in [1.29, 1.82) is 0 Å². The predicted molar refractivity (Wildman–Crippen MR) is 113 cm³/mol. The summed E-state index contributed by atoms with van der Waals surface area (Å²) in [6.07, 6.45) is 4.81. The van der Waals surface area contributed by atoms with Crippen molar-refractivity contribution in [3.63, 3.8) is 0 Å². The third-order valence-corrected chi connectivity index (χ3v) is 5.86. The van der Waals surface area contributed by atoms with Gasteiger partial charge in [0.2, 0.25) is 21.8 Å². The lowest BCUT2D eigenvalue weighted by Crippen LogP contribution is -2.22. The van der Waals surface area contributed by atoms with Crippen molar-refractivity contribution in [2.45, 2.75) is 24.7 Å². The second kappa shape index (κ2) is 9.02. The van der Waals surface area contributed by atoms with Crippen molar-refractivity contribution in [2.24, 2.45) is 5.92 Å². The Morgan fingerprint density at radius 2 is 1.69 bits per heavy atom. The summed E-state index contributed by atoms with van der Waals surface area (Å²) in [6.45, 7) is 2.03. The van der Waals surface area contributed by atoms with Crippen LogP contribution in [0.1, 0.15) is 25.3 Å². The average Bonchev–Trinajstić information content (AvgIpc) is 3.52. The molecular weight excluding hydrogens is 390 g/mol. The second-order valence-electron chi connectivity index (χ2n) is 6.74. The molecule has 0 bridgehead atoms. The van der Waals surface area contributed by atoms with E-state index in [9.17, 15) is 18.0 Å². The molecule has 1 fully saturated rings. The number of rotatable bonds is 8. The van der Waals surface area contributed by atoms with Crippen LogP contribution in [0.3, 0.4) is 0 Å². The van der Waals surface area contributed by atoms with Gasteiger partial charge in [0.05, 0.1) is 4.90 Å². The van der Waals surface area contributed by atoms with Gasteiger partial charge >= 0.3 is 0 Å². The van der Waals surface area contributed by atoms with Gasteiger partial charge in [-0.2, -0.15) is 0 Å². The first-order chi connectivity index (χ1) is 13.9. The summed E-state index contributed by atoms with van der Waals surface area (Å²) >= 11 is 0. The molecule has 29 heavy (non-hydrogen) atoms. The summed E-state index contributed by atoms with van der Waals surface area (Å²) in [7, 11) is -3.50. The molecule has 0 radical (unpaired) electrons. The first-order valence-electron chi connectivity index (χ1n) is 9.37. The molecule has 1 saturated carbocycles. The van der Waals surface area contributed by atoms with Crippen LogP contribution in [-0.4, -0.2) is 26.8 Å². The smallest absolute Gasteiger partial charge is 0.248 e. The molecule has 8 heteroatoms. The van der Waals surface area contributed by atoms with E-state index in [4.69, 9.17) is 0 Å². The molecule has 2 aromatic rings. The molecule has 1 aliphatic carbocycles. The summed E-state index contributed by atoms with van der Waals surface area (Å²) in [6, 6.07) is 13.2. The van der Waals surface area contributed by atoms with Crippen LogP contribution in [0.4, 0.5) is 11.4 Å². The Bertz CT molecular complexity index is 1030. The Hall–Kier alpha value is -2.97. The third-order valence-electron chi connectivity index (χ3n) is 4.30. The number of sulfonamides is 1. The average molecular weight is 413 g/mol. The van der Waals surface area contributed by atoms with Gasteiger partial charge in [0, 0.05) is 29.9 Å². The Kier molecular flexibility index (Phi) is 6.46. The number of amides is 2. The van der Waals surface area contributed by atoms with Crippen LogP contribution in [0.15, 0.2) is 59.5 Å². The Balaban J connectivity index is 1.59. The minimum absolute atomic E-state index is 0.00738. The van der Waals surface area contributed by atoms with Gasteiger partial charge in [0.25, 0.3) is 0 Å². The van der Waals surface area contributed by atoms with E-state index in [1.807, 2.05) is 0 Å². The van der Waals surface area contributed by atoms with Crippen molar-refractivity contribution < 1.29 is 18.0 Å². The predicted octanol–water partition coefficient (Wildman–Crippen LogP) is 2.99. The molecular formula is C21H23N3O4S. The van der Waals surface area contributed by atoms with E-state index in [0.29, 0.717) is 23.5 Å². The fraction of sp³-hybridized carbons (Fsp3) is 0.238. The molecule has 0 atom stereocenters. The SMILES string of the molecule is CCNS(=O)(=O)c1ccc(/C=C/C(=O)Nc2cccc(NC(=O)C3CC3)c2)cc1. The normalized spacial score (nSPS) is 14.0. The summed E-state index contributed by atoms with van der Waals surface area (Å²) in [5.74, 6) is -0.219. The van der Waals surface area contributed by atoms with Gasteiger partial charge < -0.3 is 10.6 Å². The monoisotopic (exact) mass is 413 g/mol. The van der Waals surface area contributed by atoms with Gasteiger partial charge in [-0.3, -0.25) is 9.59 Å². The van der Waals surface area contributed by atoms with Gasteiger partial charge in [-0.1, -0.05) is 25.1 Å². The van der Waals surface area contributed by atoms with Crippen LogP contribution in [0.25, 0.3) is 6.08 Å². The fourth-order valence-electron chi connectivity index (χ4n) is 2.65. The lowest BCUT2D eigenvalue weighted by Gasteiger charge is -2.07. The maximum atomic E-state index is 12.2. The Morgan fingerprint density at radius 3 is 2.31 bits per heavy atom. The number of anilines is 2. The van der Waals surface area contributed by atoms with Crippen molar-refractivity contribution in [3.8, 4) is 0 Å². The minimum Gasteiger partial charge on any atom is -0.326 e. The summed E-state index contributed by atoms with van der Waals surface area (Å²) in [5.41, 5.74) is 1.91. The molecule has 0 spiro atoms. The lowest BCUT2D eigenvalue weighted by molar-refractivity contribution is -0.117. The number of benzene rings is 2. The highest BCUT2D eigenvalue weighted by Gasteiger charge is 2.29. The van der Waals surface area contributed by atoms with Gasteiger partial charge in [-0.25, -0.2) is 13.1 Å². The van der Waals surface area contributed by atoms with Gasteiger partial charge in [-0.05, 0) is 54.8 Å². The van der Waals surface area contributed by atoms with Gasteiger partial charge in [0.1, 0.15) is 0 Å². The zero-order valence-corrected chi connectivity index (χ0v) is 16.8. The molecule has 7 nitrogen and oxygen atoms in total. The van der Waals surface area contributed by atoms with E-state index in [1.54, 1.807) is 49.4 Å². The van der Waals surface area contributed by atoms with E-state index in [-0.39, 0.29) is 22.6 Å². The maximum Gasteiger partial charge on any atom is 0.248 e. The van der Waals surface area contributed by atoms with Crippen molar-refractivity contribution in [2.75, 3.05) is 17.2 Å². The first-order valence-corrected chi connectivity index (χ1v) is 10.9. The molecule has 2 amide bonds. The third kappa shape index (κ3) is 6.00. The maximum absolute atomic E-state index is 12.2. The standard InChI is InChI=1S/C21H23N3O4S/c1-2-22-29(27,28)19-11-6-15(7-12-19)8-13-20(25)23-17-4-3-5-18(14-17)24-21(26)16-9-10-16/h3-8,11-14,16,22H,2,9-10H2,1H3,(H,23,25)(H,24,26)/b13-8+. The number of nitrogens with one attached hydrogen (secondary N) is 3. The molecule has 152 valence electrons. The zero-order valence-electron chi connectivity index (χ0n) is 16.0. The lowest BCUT2D eigenvalue weighted by atomic mass is 10.2. The van der Waals surface area contributed by atoms with Crippen molar-refractivity contribution in [1.82, 2.24) is 4.72 Å². The van der Waals surface area contributed by atoms with E-state index >= 15 is 0 Å². The van der Waals surface area contributed by atoms with Gasteiger partial charge in [-0.15, -0.1) is 0 Å². The molecule has 2 aromatic carbocycles. The highest BCUT2D eigenvalue weighted by molar-refractivity contribution is 7.89. The van der Waals surface area contributed by atoms with Crippen LogP contribution in [0, 0.1) is 5.92 Å². The number of hydrogen-bond donors (Lipinski definition) is 3. The van der Waals surface area contributed by atoms with Crippen molar-refractivity contribution in [3.05, 3.63) is 60.2 Å². The molecule has 3 N–H and O–H groups in total. The zero-order chi connectivity index (χ0) is 20.9. The first kappa shape index (κ1) is 20.8. The molecule has 3 rings (SSSR count). The van der Waals surface area contributed by atoms with Crippen molar-refractivity contribution >= 4 is 39.3 Å². The molecule has 0 heterocycles. The molecule has 0 saturated heterocycles. The number of hydrogen-bond acceptors (Lipinski definition) is 4. The minimum atomic E-state index is -3.50.